The molecule has 0 radical (unpaired) electrons. The maximum absolute atomic E-state index is 11.8. The minimum atomic E-state index is -0.216. The quantitative estimate of drug-likeness (QED) is 0.625. The van der Waals surface area contributed by atoms with Crippen molar-refractivity contribution in [3.8, 4) is 0 Å². The first-order valence-electron chi connectivity index (χ1n) is 7.10. The number of amides is 3. The minimum absolute atomic E-state index is 0.0240. The van der Waals surface area contributed by atoms with Gasteiger partial charge in [-0.25, -0.2) is 0 Å². The van der Waals surface area contributed by atoms with Crippen LogP contribution in [0.3, 0.4) is 0 Å². The zero-order valence-corrected chi connectivity index (χ0v) is 13.2. The number of rotatable bonds is 8. The highest BCUT2D eigenvalue weighted by molar-refractivity contribution is 6.30. The van der Waals surface area contributed by atoms with Crippen molar-refractivity contribution in [2.24, 2.45) is 0 Å². The molecule has 0 saturated heterocycles. The summed E-state index contributed by atoms with van der Waals surface area (Å²) in [6.07, 6.45) is 0.751. The molecular formula is C15H20ClN3O3. The first-order chi connectivity index (χ1) is 10.5. The van der Waals surface area contributed by atoms with Crippen molar-refractivity contribution in [1.82, 2.24) is 16.0 Å². The van der Waals surface area contributed by atoms with Gasteiger partial charge in [-0.05, 0) is 37.6 Å². The Kier molecular flexibility index (Phi) is 7.99. The number of benzene rings is 1. The van der Waals surface area contributed by atoms with E-state index in [1.807, 2.05) is 6.92 Å². The molecule has 3 amide bonds. The van der Waals surface area contributed by atoms with Crippen molar-refractivity contribution in [3.05, 3.63) is 34.9 Å². The third-order valence-electron chi connectivity index (χ3n) is 2.79. The van der Waals surface area contributed by atoms with E-state index >= 15 is 0 Å². The van der Waals surface area contributed by atoms with Crippen LogP contribution in [0.2, 0.25) is 5.02 Å². The van der Waals surface area contributed by atoms with Crippen LogP contribution >= 0.6 is 11.6 Å². The fourth-order valence-electron chi connectivity index (χ4n) is 1.68. The molecule has 0 unspecified atom stereocenters. The number of nitrogens with one attached hydrogen (secondary N) is 3. The number of hydrogen-bond acceptors (Lipinski definition) is 3. The van der Waals surface area contributed by atoms with Crippen molar-refractivity contribution in [2.75, 3.05) is 19.6 Å². The van der Waals surface area contributed by atoms with Crippen LogP contribution in [0.5, 0.6) is 0 Å². The molecular weight excluding hydrogens is 306 g/mol. The number of carbonyl (C=O) groups excluding carboxylic acids is 3. The van der Waals surface area contributed by atoms with Gasteiger partial charge < -0.3 is 16.0 Å². The van der Waals surface area contributed by atoms with E-state index in [2.05, 4.69) is 16.0 Å². The van der Waals surface area contributed by atoms with Crippen LogP contribution in [0.1, 0.15) is 30.1 Å². The Morgan fingerprint density at radius 1 is 1.00 bits per heavy atom. The second-order valence-corrected chi connectivity index (χ2v) is 5.03. The molecule has 0 aliphatic carbocycles. The summed E-state index contributed by atoms with van der Waals surface area (Å²) in [6.45, 7) is 2.70. The Hall–Kier alpha value is -2.08. The molecule has 0 aliphatic heterocycles. The van der Waals surface area contributed by atoms with Gasteiger partial charge in [-0.2, -0.15) is 0 Å². The predicted molar refractivity (Wildman–Crippen MR) is 84.7 cm³/mol. The summed E-state index contributed by atoms with van der Waals surface area (Å²) in [6, 6.07) is 6.56. The molecule has 0 fully saturated rings. The number of likely N-dealkylation sites (N-methyl/N-ethyl adjacent to an activating group) is 1. The summed E-state index contributed by atoms with van der Waals surface area (Å²) >= 11 is 5.75. The van der Waals surface area contributed by atoms with Crippen LogP contribution in [-0.4, -0.2) is 37.4 Å². The van der Waals surface area contributed by atoms with E-state index in [4.69, 9.17) is 11.6 Å². The Bertz CT molecular complexity index is 517. The maximum atomic E-state index is 11.8. The molecule has 0 bridgehead atoms. The van der Waals surface area contributed by atoms with Gasteiger partial charge in [0.25, 0.3) is 5.91 Å². The highest BCUT2D eigenvalue weighted by atomic mass is 35.5. The monoisotopic (exact) mass is 325 g/mol. The lowest BCUT2D eigenvalue weighted by Crippen LogP contribution is -2.37. The molecule has 3 N–H and O–H groups in total. The average molecular weight is 326 g/mol. The summed E-state index contributed by atoms with van der Waals surface area (Å²) in [5.74, 6) is -0.640. The van der Waals surface area contributed by atoms with Crippen LogP contribution in [0.4, 0.5) is 0 Å². The van der Waals surface area contributed by atoms with Gasteiger partial charge in [0.05, 0.1) is 6.54 Å². The zero-order chi connectivity index (χ0) is 16.4. The van der Waals surface area contributed by atoms with Gasteiger partial charge in [-0.15, -0.1) is 0 Å². The molecule has 7 heteroatoms. The third-order valence-corrected chi connectivity index (χ3v) is 3.04. The van der Waals surface area contributed by atoms with Crippen molar-refractivity contribution >= 4 is 29.3 Å². The lowest BCUT2D eigenvalue weighted by atomic mass is 10.2. The molecule has 0 atom stereocenters. The van der Waals surface area contributed by atoms with E-state index in [1.165, 1.54) is 0 Å². The smallest absolute Gasteiger partial charge is 0.251 e. The maximum Gasteiger partial charge on any atom is 0.251 e. The number of halogens is 1. The topological polar surface area (TPSA) is 87.3 Å². The summed E-state index contributed by atoms with van der Waals surface area (Å²) in [5.41, 5.74) is 0.519. The van der Waals surface area contributed by atoms with Crippen LogP contribution in [0.15, 0.2) is 24.3 Å². The highest BCUT2D eigenvalue weighted by Gasteiger charge is 2.06. The van der Waals surface area contributed by atoms with E-state index in [1.54, 1.807) is 24.3 Å². The molecule has 120 valence electrons. The first-order valence-corrected chi connectivity index (χ1v) is 7.48. The molecule has 0 aliphatic rings. The van der Waals surface area contributed by atoms with Gasteiger partial charge >= 0.3 is 0 Å². The second kappa shape index (κ2) is 9.78. The zero-order valence-electron chi connectivity index (χ0n) is 12.4. The molecule has 0 spiro atoms. The van der Waals surface area contributed by atoms with Gasteiger partial charge in [0, 0.05) is 30.1 Å². The summed E-state index contributed by atoms with van der Waals surface area (Å²) in [4.78, 5) is 34.4. The predicted octanol–water partition coefficient (Wildman–Crippen LogP) is 1.10. The summed E-state index contributed by atoms with van der Waals surface area (Å²) in [7, 11) is 0. The number of carbonyl (C=O) groups is 3. The fourth-order valence-corrected chi connectivity index (χ4v) is 1.81. The van der Waals surface area contributed by atoms with Gasteiger partial charge in [0.15, 0.2) is 0 Å². The molecule has 1 aromatic rings. The average Bonchev–Trinajstić information content (AvgIpc) is 2.50. The lowest BCUT2D eigenvalue weighted by Gasteiger charge is -2.07. The van der Waals surface area contributed by atoms with Gasteiger partial charge in [0.2, 0.25) is 11.8 Å². The molecule has 0 heterocycles. The van der Waals surface area contributed by atoms with Gasteiger partial charge in [-0.3, -0.25) is 14.4 Å². The Labute approximate surface area is 134 Å². The van der Waals surface area contributed by atoms with E-state index in [-0.39, 0.29) is 30.7 Å². The largest absolute Gasteiger partial charge is 0.355 e. The molecule has 6 nitrogen and oxygen atoms in total. The molecule has 0 aromatic heterocycles. The SMILES string of the molecule is CCNC(=O)CNC(=O)CCCNC(=O)c1ccc(Cl)cc1. The molecule has 1 rings (SSSR count). The Morgan fingerprint density at radius 3 is 2.32 bits per heavy atom. The Morgan fingerprint density at radius 2 is 1.68 bits per heavy atom. The molecule has 0 saturated carbocycles. The Balaban J connectivity index is 2.16. The van der Waals surface area contributed by atoms with Gasteiger partial charge in [0.1, 0.15) is 0 Å². The van der Waals surface area contributed by atoms with Gasteiger partial charge in [-0.1, -0.05) is 11.6 Å². The summed E-state index contributed by atoms with van der Waals surface area (Å²) in [5, 5.41) is 8.39. The third kappa shape index (κ3) is 7.08. The molecule has 22 heavy (non-hydrogen) atoms. The van der Waals surface area contributed by atoms with E-state index < -0.39 is 0 Å². The standard InChI is InChI=1S/C15H20ClN3O3/c1-2-17-14(21)10-19-13(20)4-3-9-18-15(22)11-5-7-12(16)8-6-11/h5-8H,2-4,9-10H2,1H3,(H,17,21)(H,18,22)(H,19,20). The number of hydrogen-bond donors (Lipinski definition) is 3. The normalized spacial score (nSPS) is 9.91. The molecule has 1 aromatic carbocycles. The van der Waals surface area contributed by atoms with Crippen LogP contribution in [-0.2, 0) is 9.59 Å². The van der Waals surface area contributed by atoms with E-state index in [0.717, 1.165) is 0 Å². The van der Waals surface area contributed by atoms with Crippen molar-refractivity contribution in [1.29, 1.82) is 0 Å². The van der Waals surface area contributed by atoms with Crippen molar-refractivity contribution in [3.63, 3.8) is 0 Å². The van der Waals surface area contributed by atoms with Crippen LogP contribution in [0, 0.1) is 0 Å². The van der Waals surface area contributed by atoms with Crippen molar-refractivity contribution in [2.45, 2.75) is 19.8 Å². The second-order valence-electron chi connectivity index (χ2n) is 4.60. The summed E-state index contributed by atoms with van der Waals surface area (Å²) < 4.78 is 0. The first kappa shape index (κ1) is 18.0. The minimum Gasteiger partial charge on any atom is -0.355 e. The van der Waals surface area contributed by atoms with Crippen molar-refractivity contribution < 1.29 is 14.4 Å². The van der Waals surface area contributed by atoms with Crippen LogP contribution in [0.25, 0.3) is 0 Å². The highest BCUT2D eigenvalue weighted by Crippen LogP contribution is 2.09. The van der Waals surface area contributed by atoms with E-state index in [0.29, 0.717) is 30.1 Å². The fraction of sp³-hybridized carbons (Fsp3) is 0.400. The lowest BCUT2D eigenvalue weighted by molar-refractivity contribution is -0.126. The van der Waals surface area contributed by atoms with Crippen LogP contribution < -0.4 is 16.0 Å². The van der Waals surface area contributed by atoms with E-state index in [9.17, 15) is 14.4 Å².